The van der Waals surface area contributed by atoms with Gasteiger partial charge in [-0.15, -0.1) is 10.2 Å². The minimum atomic E-state index is -0.388. The van der Waals surface area contributed by atoms with Crippen molar-refractivity contribution in [3.63, 3.8) is 0 Å². The Morgan fingerprint density at radius 1 is 1.35 bits per heavy atom. The number of primary amides is 1. The number of nitrogens with one attached hydrogen (secondary N) is 1. The molecule has 1 aromatic heterocycles. The van der Waals surface area contributed by atoms with Gasteiger partial charge >= 0.3 is 6.03 Å². The Balaban J connectivity index is 1.65. The second-order valence-corrected chi connectivity index (χ2v) is 6.49. The molecule has 4 amide bonds. The topological polar surface area (TPSA) is 123 Å². The third kappa shape index (κ3) is 3.63. The molecule has 1 saturated heterocycles. The van der Waals surface area contributed by atoms with Gasteiger partial charge in [-0.05, 0) is 12.8 Å². The average Bonchev–Trinajstić information content (AvgIpc) is 3.13. The first kappa shape index (κ1) is 15.8. The molecule has 1 aromatic rings. The summed E-state index contributed by atoms with van der Waals surface area (Å²) in [4.78, 5) is 35.8. The SMILES string of the molecule is NC(=O)CCn1c(SCC(=O)N2CCNC2=O)nnc1C1CC1. The van der Waals surface area contributed by atoms with Crippen molar-refractivity contribution in [1.29, 1.82) is 0 Å². The van der Waals surface area contributed by atoms with Crippen molar-refractivity contribution in [3.05, 3.63) is 5.82 Å². The van der Waals surface area contributed by atoms with E-state index in [0.29, 0.717) is 30.7 Å². The molecule has 0 unspecified atom stereocenters. The molecule has 0 atom stereocenters. The van der Waals surface area contributed by atoms with Crippen molar-refractivity contribution >= 4 is 29.6 Å². The van der Waals surface area contributed by atoms with Gasteiger partial charge in [-0.1, -0.05) is 11.8 Å². The lowest BCUT2D eigenvalue weighted by Crippen LogP contribution is -2.35. The number of carbonyl (C=O) groups is 3. The zero-order chi connectivity index (χ0) is 16.4. The molecule has 23 heavy (non-hydrogen) atoms. The van der Waals surface area contributed by atoms with E-state index in [-0.39, 0.29) is 30.0 Å². The van der Waals surface area contributed by atoms with E-state index < -0.39 is 0 Å². The highest BCUT2D eigenvalue weighted by Crippen LogP contribution is 2.40. The average molecular weight is 338 g/mol. The number of aromatic nitrogens is 3. The Morgan fingerprint density at radius 3 is 2.74 bits per heavy atom. The summed E-state index contributed by atoms with van der Waals surface area (Å²) in [5, 5.41) is 11.5. The van der Waals surface area contributed by atoms with Gasteiger partial charge in [0.2, 0.25) is 11.8 Å². The second kappa shape index (κ2) is 6.57. The van der Waals surface area contributed by atoms with Gasteiger partial charge in [-0.2, -0.15) is 0 Å². The van der Waals surface area contributed by atoms with E-state index in [1.807, 2.05) is 4.57 Å². The predicted molar refractivity (Wildman–Crippen MR) is 81.6 cm³/mol. The van der Waals surface area contributed by atoms with Crippen LogP contribution in [0.25, 0.3) is 0 Å². The minimum absolute atomic E-state index is 0.104. The Bertz CT molecular complexity index is 642. The highest BCUT2D eigenvalue weighted by Gasteiger charge is 2.31. The van der Waals surface area contributed by atoms with Crippen LogP contribution in [0.1, 0.15) is 31.0 Å². The van der Waals surface area contributed by atoms with E-state index in [4.69, 9.17) is 5.73 Å². The number of rotatable bonds is 7. The van der Waals surface area contributed by atoms with Gasteiger partial charge in [-0.3, -0.25) is 14.5 Å². The van der Waals surface area contributed by atoms with Crippen LogP contribution in [0.4, 0.5) is 4.79 Å². The number of hydrogen-bond donors (Lipinski definition) is 2. The standard InChI is InChI=1S/C13H18N6O3S/c14-9(20)3-5-19-11(8-1-2-8)16-17-13(19)23-7-10(21)18-6-4-15-12(18)22/h8H,1-7H2,(H2,14,20)(H,15,22). The maximum atomic E-state index is 12.1. The van der Waals surface area contributed by atoms with Crippen LogP contribution in [-0.4, -0.2) is 56.4 Å². The van der Waals surface area contributed by atoms with Crippen molar-refractivity contribution in [2.75, 3.05) is 18.8 Å². The van der Waals surface area contributed by atoms with Crippen LogP contribution in [-0.2, 0) is 16.1 Å². The smallest absolute Gasteiger partial charge is 0.324 e. The number of nitrogens with zero attached hydrogens (tertiary/aromatic N) is 4. The fourth-order valence-corrected chi connectivity index (χ4v) is 3.24. The maximum Gasteiger partial charge on any atom is 0.324 e. The van der Waals surface area contributed by atoms with Crippen molar-refractivity contribution < 1.29 is 14.4 Å². The van der Waals surface area contributed by atoms with E-state index in [1.165, 1.54) is 16.7 Å². The molecule has 2 aliphatic rings. The van der Waals surface area contributed by atoms with E-state index in [9.17, 15) is 14.4 Å². The third-order valence-electron chi connectivity index (χ3n) is 3.75. The largest absolute Gasteiger partial charge is 0.370 e. The Labute approximate surface area is 137 Å². The molecule has 10 heteroatoms. The normalized spacial score (nSPS) is 17.4. The molecule has 9 nitrogen and oxygen atoms in total. The second-order valence-electron chi connectivity index (χ2n) is 5.55. The highest BCUT2D eigenvalue weighted by molar-refractivity contribution is 7.99. The van der Waals surface area contributed by atoms with Crippen molar-refractivity contribution in [2.45, 2.75) is 36.9 Å². The zero-order valence-electron chi connectivity index (χ0n) is 12.5. The number of carbonyl (C=O) groups excluding carboxylic acids is 3. The Kier molecular flexibility index (Phi) is 4.51. The van der Waals surface area contributed by atoms with Gasteiger partial charge < -0.3 is 15.6 Å². The fraction of sp³-hybridized carbons (Fsp3) is 0.615. The highest BCUT2D eigenvalue weighted by atomic mass is 32.2. The van der Waals surface area contributed by atoms with Crippen LogP contribution in [0.2, 0.25) is 0 Å². The minimum Gasteiger partial charge on any atom is -0.370 e. The van der Waals surface area contributed by atoms with Crippen molar-refractivity contribution in [3.8, 4) is 0 Å². The number of amides is 4. The molecule has 0 spiro atoms. The third-order valence-corrected chi connectivity index (χ3v) is 4.70. The van der Waals surface area contributed by atoms with Gasteiger partial charge in [0.25, 0.3) is 0 Å². The van der Waals surface area contributed by atoms with Gasteiger partial charge in [0, 0.05) is 32.0 Å². The van der Waals surface area contributed by atoms with E-state index in [0.717, 1.165) is 18.7 Å². The zero-order valence-corrected chi connectivity index (χ0v) is 13.3. The summed E-state index contributed by atoms with van der Waals surface area (Å²) in [5.41, 5.74) is 5.22. The van der Waals surface area contributed by atoms with Gasteiger partial charge in [-0.25, -0.2) is 4.79 Å². The Morgan fingerprint density at radius 2 is 2.13 bits per heavy atom. The monoisotopic (exact) mass is 338 g/mol. The van der Waals surface area contributed by atoms with Crippen molar-refractivity contribution in [1.82, 2.24) is 25.0 Å². The van der Waals surface area contributed by atoms with E-state index in [1.54, 1.807) is 0 Å². The molecule has 0 aromatic carbocycles. The summed E-state index contributed by atoms with van der Waals surface area (Å²) in [6, 6.07) is -0.357. The number of hydrogen-bond acceptors (Lipinski definition) is 6. The molecule has 3 rings (SSSR count). The number of thioether (sulfide) groups is 1. The lowest BCUT2D eigenvalue weighted by atomic mass is 10.3. The van der Waals surface area contributed by atoms with Crippen LogP contribution < -0.4 is 11.1 Å². The molecule has 124 valence electrons. The Hall–Kier alpha value is -2.10. The van der Waals surface area contributed by atoms with Crippen LogP contribution >= 0.6 is 11.8 Å². The fourth-order valence-electron chi connectivity index (χ4n) is 2.40. The molecular weight excluding hydrogens is 320 g/mol. The lowest BCUT2D eigenvalue weighted by molar-refractivity contribution is -0.124. The molecular formula is C13H18N6O3S. The first-order valence-electron chi connectivity index (χ1n) is 7.48. The summed E-state index contributed by atoms with van der Waals surface area (Å²) in [5.74, 6) is 0.681. The molecule has 1 saturated carbocycles. The van der Waals surface area contributed by atoms with Gasteiger partial charge in [0.15, 0.2) is 5.16 Å². The van der Waals surface area contributed by atoms with Crippen molar-refractivity contribution in [2.24, 2.45) is 5.73 Å². The summed E-state index contributed by atoms with van der Waals surface area (Å²) in [6.07, 6.45) is 2.33. The van der Waals surface area contributed by atoms with Crippen LogP contribution in [0, 0.1) is 0 Å². The predicted octanol–water partition coefficient (Wildman–Crippen LogP) is -0.325. The summed E-state index contributed by atoms with van der Waals surface area (Å²) in [7, 11) is 0. The van der Waals surface area contributed by atoms with Crippen LogP contribution in [0.5, 0.6) is 0 Å². The van der Waals surface area contributed by atoms with Crippen LogP contribution in [0.15, 0.2) is 5.16 Å². The molecule has 2 heterocycles. The molecule has 1 aliphatic heterocycles. The summed E-state index contributed by atoms with van der Waals surface area (Å²) in [6.45, 7) is 1.28. The number of imide groups is 1. The summed E-state index contributed by atoms with van der Waals surface area (Å²) < 4.78 is 1.87. The van der Waals surface area contributed by atoms with E-state index >= 15 is 0 Å². The quantitative estimate of drug-likeness (QED) is 0.657. The molecule has 2 fully saturated rings. The van der Waals surface area contributed by atoms with Crippen LogP contribution in [0.3, 0.4) is 0 Å². The maximum absolute atomic E-state index is 12.1. The molecule has 0 radical (unpaired) electrons. The first-order valence-corrected chi connectivity index (χ1v) is 8.47. The molecule has 0 bridgehead atoms. The first-order chi connectivity index (χ1) is 11.1. The number of urea groups is 1. The van der Waals surface area contributed by atoms with E-state index in [2.05, 4.69) is 15.5 Å². The van der Waals surface area contributed by atoms with Gasteiger partial charge in [0.1, 0.15) is 5.82 Å². The number of nitrogens with two attached hydrogens (primary N) is 1. The lowest BCUT2D eigenvalue weighted by Gasteiger charge is -2.12. The molecule has 3 N–H and O–H groups in total. The summed E-state index contributed by atoms with van der Waals surface area (Å²) >= 11 is 1.23. The molecule has 1 aliphatic carbocycles. The van der Waals surface area contributed by atoms with Gasteiger partial charge in [0.05, 0.1) is 5.75 Å².